The number of carboxylic acids is 1. The Kier molecular flexibility index (Phi) is 4.64. The predicted octanol–water partition coefficient (Wildman–Crippen LogP) is 1.14. The number of carbonyl (C=O) groups is 1. The van der Waals surface area contributed by atoms with E-state index in [2.05, 4.69) is 10.3 Å². The third kappa shape index (κ3) is 3.93. The summed E-state index contributed by atoms with van der Waals surface area (Å²) in [4.78, 5) is 14.8. The standard InChI is InChI=1S/C9H14N2O3S/c1-6-5-14-9(11-6)15-4-3-7(10-2)8(12)13/h5,7,10H,3-4H2,1-2H3,(H,12,13). The fourth-order valence-corrected chi connectivity index (χ4v) is 1.91. The van der Waals surface area contributed by atoms with Crippen molar-refractivity contribution in [3.8, 4) is 0 Å². The van der Waals surface area contributed by atoms with E-state index in [1.54, 1.807) is 13.3 Å². The molecule has 0 aliphatic rings. The van der Waals surface area contributed by atoms with Gasteiger partial charge in [-0.2, -0.15) is 0 Å². The van der Waals surface area contributed by atoms with Crippen LogP contribution in [0.3, 0.4) is 0 Å². The summed E-state index contributed by atoms with van der Waals surface area (Å²) in [5, 5.41) is 12.1. The fourth-order valence-electron chi connectivity index (χ4n) is 1.05. The number of oxazole rings is 1. The molecular formula is C9H14N2O3S. The van der Waals surface area contributed by atoms with Gasteiger partial charge in [0.1, 0.15) is 12.3 Å². The summed E-state index contributed by atoms with van der Waals surface area (Å²) >= 11 is 1.42. The van der Waals surface area contributed by atoms with Gasteiger partial charge in [0.15, 0.2) is 0 Å². The molecule has 0 saturated heterocycles. The summed E-state index contributed by atoms with van der Waals surface area (Å²) < 4.78 is 5.12. The molecule has 0 aliphatic heterocycles. The molecule has 1 aromatic heterocycles. The number of hydrogen-bond acceptors (Lipinski definition) is 5. The van der Waals surface area contributed by atoms with Gasteiger partial charge in [-0.15, -0.1) is 0 Å². The van der Waals surface area contributed by atoms with E-state index in [0.717, 1.165) is 5.69 Å². The van der Waals surface area contributed by atoms with Gasteiger partial charge in [-0.05, 0) is 20.4 Å². The maximum atomic E-state index is 10.7. The minimum Gasteiger partial charge on any atom is -0.480 e. The Labute approximate surface area is 92.3 Å². The van der Waals surface area contributed by atoms with Crippen molar-refractivity contribution in [1.82, 2.24) is 10.3 Å². The second-order valence-corrected chi connectivity index (χ2v) is 4.12. The van der Waals surface area contributed by atoms with E-state index < -0.39 is 12.0 Å². The third-order valence-corrected chi connectivity index (χ3v) is 2.75. The lowest BCUT2D eigenvalue weighted by Crippen LogP contribution is -2.34. The molecule has 1 heterocycles. The summed E-state index contributed by atoms with van der Waals surface area (Å²) in [5.41, 5.74) is 0.834. The predicted molar refractivity (Wildman–Crippen MR) is 57.1 cm³/mol. The van der Waals surface area contributed by atoms with Crippen molar-refractivity contribution in [1.29, 1.82) is 0 Å². The number of likely N-dealkylation sites (N-methyl/N-ethyl adjacent to an activating group) is 1. The molecule has 1 atom stereocenters. The molecule has 1 unspecified atom stereocenters. The molecule has 5 nitrogen and oxygen atoms in total. The normalized spacial score (nSPS) is 12.7. The third-order valence-electron chi connectivity index (χ3n) is 1.88. The Balaban J connectivity index is 2.29. The lowest BCUT2D eigenvalue weighted by atomic mass is 10.2. The van der Waals surface area contributed by atoms with E-state index >= 15 is 0 Å². The molecule has 0 spiro atoms. The highest BCUT2D eigenvalue weighted by Crippen LogP contribution is 2.18. The highest BCUT2D eigenvalue weighted by molar-refractivity contribution is 7.99. The molecule has 0 bridgehead atoms. The van der Waals surface area contributed by atoms with E-state index in [4.69, 9.17) is 9.52 Å². The number of aromatic nitrogens is 1. The number of carboxylic acid groups (broad SMARTS) is 1. The van der Waals surface area contributed by atoms with Crippen LogP contribution in [0.5, 0.6) is 0 Å². The van der Waals surface area contributed by atoms with Crippen molar-refractivity contribution in [2.45, 2.75) is 24.6 Å². The first-order valence-corrected chi connectivity index (χ1v) is 5.57. The molecule has 15 heavy (non-hydrogen) atoms. The maximum Gasteiger partial charge on any atom is 0.320 e. The van der Waals surface area contributed by atoms with Crippen molar-refractivity contribution >= 4 is 17.7 Å². The molecule has 0 aliphatic carbocycles. The second kappa shape index (κ2) is 5.77. The van der Waals surface area contributed by atoms with Crippen molar-refractivity contribution in [3.63, 3.8) is 0 Å². The van der Waals surface area contributed by atoms with Gasteiger partial charge < -0.3 is 14.8 Å². The molecule has 2 N–H and O–H groups in total. The van der Waals surface area contributed by atoms with Crippen LogP contribution in [0.2, 0.25) is 0 Å². The summed E-state index contributed by atoms with van der Waals surface area (Å²) in [6.07, 6.45) is 2.12. The number of aliphatic carboxylic acids is 1. The molecule has 6 heteroatoms. The highest BCUT2D eigenvalue weighted by atomic mass is 32.2. The van der Waals surface area contributed by atoms with Gasteiger partial charge in [-0.3, -0.25) is 4.79 Å². The number of aryl methyl sites for hydroxylation is 1. The van der Waals surface area contributed by atoms with Gasteiger partial charge in [0.25, 0.3) is 5.22 Å². The smallest absolute Gasteiger partial charge is 0.320 e. The molecule has 0 fully saturated rings. The van der Waals surface area contributed by atoms with E-state index in [1.165, 1.54) is 11.8 Å². The lowest BCUT2D eigenvalue weighted by molar-refractivity contribution is -0.139. The van der Waals surface area contributed by atoms with E-state index in [0.29, 0.717) is 17.4 Å². The first-order chi connectivity index (χ1) is 7.13. The Bertz CT molecular complexity index is 327. The van der Waals surface area contributed by atoms with E-state index in [1.807, 2.05) is 6.92 Å². The Hall–Kier alpha value is -1.01. The molecule has 0 saturated carbocycles. The van der Waals surface area contributed by atoms with Crippen LogP contribution in [0.4, 0.5) is 0 Å². The molecule has 1 aromatic rings. The molecule has 0 radical (unpaired) electrons. The zero-order chi connectivity index (χ0) is 11.3. The van der Waals surface area contributed by atoms with Crippen LogP contribution < -0.4 is 5.32 Å². The lowest BCUT2D eigenvalue weighted by Gasteiger charge is -2.08. The minimum atomic E-state index is -0.832. The van der Waals surface area contributed by atoms with Crippen LogP contribution in [0.25, 0.3) is 0 Å². The van der Waals surface area contributed by atoms with Crippen LogP contribution >= 0.6 is 11.8 Å². The Morgan fingerprint density at radius 1 is 1.80 bits per heavy atom. The van der Waals surface area contributed by atoms with Gasteiger partial charge in [0.2, 0.25) is 0 Å². The first kappa shape index (κ1) is 12.1. The monoisotopic (exact) mass is 230 g/mol. The molecule has 0 aromatic carbocycles. The van der Waals surface area contributed by atoms with Gasteiger partial charge >= 0.3 is 5.97 Å². The van der Waals surface area contributed by atoms with Crippen molar-refractivity contribution in [2.75, 3.05) is 12.8 Å². The van der Waals surface area contributed by atoms with Gasteiger partial charge in [-0.1, -0.05) is 11.8 Å². The molecule has 1 rings (SSSR count). The Morgan fingerprint density at radius 3 is 3.00 bits per heavy atom. The van der Waals surface area contributed by atoms with Crippen LogP contribution in [-0.4, -0.2) is 34.9 Å². The van der Waals surface area contributed by atoms with Crippen LogP contribution in [0.15, 0.2) is 15.9 Å². The van der Waals surface area contributed by atoms with E-state index in [9.17, 15) is 4.79 Å². The average Bonchev–Trinajstić information content (AvgIpc) is 2.58. The molecular weight excluding hydrogens is 216 g/mol. The first-order valence-electron chi connectivity index (χ1n) is 4.58. The van der Waals surface area contributed by atoms with Gasteiger partial charge in [-0.25, -0.2) is 4.98 Å². The fraction of sp³-hybridized carbons (Fsp3) is 0.556. The van der Waals surface area contributed by atoms with Gasteiger partial charge in [0, 0.05) is 5.75 Å². The zero-order valence-corrected chi connectivity index (χ0v) is 9.50. The van der Waals surface area contributed by atoms with E-state index in [-0.39, 0.29) is 0 Å². The Morgan fingerprint density at radius 2 is 2.53 bits per heavy atom. The topological polar surface area (TPSA) is 75.4 Å². The summed E-state index contributed by atoms with van der Waals surface area (Å²) in [7, 11) is 1.64. The number of nitrogens with zero attached hydrogens (tertiary/aromatic N) is 1. The number of rotatable bonds is 6. The zero-order valence-electron chi connectivity index (χ0n) is 8.69. The number of thioether (sulfide) groups is 1. The largest absolute Gasteiger partial charge is 0.480 e. The summed E-state index contributed by atoms with van der Waals surface area (Å²) in [5.74, 6) is -0.167. The van der Waals surface area contributed by atoms with Gasteiger partial charge in [0.05, 0.1) is 5.69 Å². The van der Waals surface area contributed by atoms with Crippen molar-refractivity contribution in [3.05, 3.63) is 12.0 Å². The quantitative estimate of drug-likeness (QED) is 0.714. The maximum absolute atomic E-state index is 10.7. The highest BCUT2D eigenvalue weighted by Gasteiger charge is 2.14. The van der Waals surface area contributed by atoms with Crippen LogP contribution in [0.1, 0.15) is 12.1 Å². The minimum absolute atomic E-state index is 0.506. The molecule has 84 valence electrons. The van der Waals surface area contributed by atoms with Crippen LogP contribution in [0, 0.1) is 6.92 Å². The summed E-state index contributed by atoms with van der Waals surface area (Å²) in [6, 6.07) is -0.506. The van der Waals surface area contributed by atoms with Crippen molar-refractivity contribution in [2.24, 2.45) is 0 Å². The van der Waals surface area contributed by atoms with Crippen molar-refractivity contribution < 1.29 is 14.3 Å². The van der Waals surface area contributed by atoms with Crippen LogP contribution in [-0.2, 0) is 4.79 Å². The summed E-state index contributed by atoms with van der Waals surface area (Å²) in [6.45, 7) is 1.85. The number of hydrogen-bond donors (Lipinski definition) is 2. The SMILES string of the molecule is CNC(CCSc1nc(C)co1)C(=O)O. The number of nitrogens with one attached hydrogen (secondary N) is 1. The second-order valence-electron chi connectivity index (χ2n) is 3.07. The molecule has 0 amide bonds. The average molecular weight is 230 g/mol.